The third kappa shape index (κ3) is 4.64. The molecular formula is C13H24N2O3. The summed E-state index contributed by atoms with van der Waals surface area (Å²) in [7, 11) is 1.40. The fourth-order valence-corrected chi connectivity index (χ4v) is 2.42. The van der Waals surface area contributed by atoms with Gasteiger partial charge in [-0.1, -0.05) is 6.92 Å². The van der Waals surface area contributed by atoms with Gasteiger partial charge >= 0.3 is 5.97 Å². The van der Waals surface area contributed by atoms with Crippen LogP contribution in [0.5, 0.6) is 0 Å². The number of esters is 1. The van der Waals surface area contributed by atoms with Crippen molar-refractivity contribution in [2.45, 2.75) is 39.2 Å². The molecule has 1 aliphatic rings. The molecule has 2 atom stereocenters. The van der Waals surface area contributed by atoms with Crippen LogP contribution in [0.1, 0.15) is 33.1 Å². The van der Waals surface area contributed by atoms with Gasteiger partial charge in [0.1, 0.15) is 0 Å². The zero-order chi connectivity index (χ0) is 13.5. The molecule has 1 amide bonds. The van der Waals surface area contributed by atoms with Gasteiger partial charge in [0.15, 0.2) is 0 Å². The maximum absolute atomic E-state index is 11.5. The summed E-state index contributed by atoms with van der Waals surface area (Å²) >= 11 is 0. The Balaban J connectivity index is 2.56. The fraction of sp³-hybridized carbons (Fsp3) is 0.846. The fourth-order valence-electron chi connectivity index (χ4n) is 2.42. The number of carbonyl (C=O) groups excluding carboxylic acids is 2. The number of ether oxygens (including phenoxy) is 1. The second-order valence-corrected chi connectivity index (χ2v) is 4.96. The Bertz CT molecular complexity index is 294. The third-order valence-corrected chi connectivity index (χ3v) is 3.35. The molecule has 5 heteroatoms. The predicted molar refractivity (Wildman–Crippen MR) is 69.1 cm³/mol. The quantitative estimate of drug-likeness (QED) is 0.739. The first-order chi connectivity index (χ1) is 8.56. The van der Waals surface area contributed by atoms with Gasteiger partial charge in [-0.2, -0.15) is 0 Å². The van der Waals surface area contributed by atoms with E-state index < -0.39 is 0 Å². The van der Waals surface area contributed by atoms with Gasteiger partial charge in [0.05, 0.1) is 13.5 Å². The average Bonchev–Trinajstić information content (AvgIpc) is 2.35. The molecule has 2 unspecified atom stereocenters. The van der Waals surface area contributed by atoms with Crippen molar-refractivity contribution >= 4 is 11.9 Å². The first-order valence-corrected chi connectivity index (χ1v) is 6.62. The zero-order valence-electron chi connectivity index (χ0n) is 11.6. The lowest BCUT2D eigenvalue weighted by Crippen LogP contribution is -2.51. The number of amides is 1. The minimum Gasteiger partial charge on any atom is -0.469 e. The minimum atomic E-state index is -0.195. The number of hydrogen-bond donors (Lipinski definition) is 1. The maximum atomic E-state index is 11.5. The largest absolute Gasteiger partial charge is 0.469 e. The van der Waals surface area contributed by atoms with Crippen molar-refractivity contribution in [2.75, 3.05) is 26.7 Å². The highest BCUT2D eigenvalue weighted by Crippen LogP contribution is 2.20. The molecule has 0 aliphatic carbocycles. The van der Waals surface area contributed by atoms with Crippen molar-refractivity contribution in [3.8, 4) is 0 Å². The first kappa shape index (κ1) is 15.0. The number of carbonyl (C=O) groups is 2. The highest BCUT2D eigenvalue weighted by atomic mass is 16.5. The molecule has 104 valence electrons. The Morgan fingerprint density at radius 1 is 1.39 bits per heavy atom. The summed E-state index contributed by atoms with van der Waals surface area (Å²) < 4.78 is 4.70. The molecule has 0 aromatic heterocycles. The van der Waals surface area contributed by atoms with Crippen molar-refractivity contribution in [3.05, 3.63) is 0 Å². The molecule has 0 aromatic rings. The Labute approximate surface area is 109 Å². The smallest absolute Gasteiger partial charge is 0.305 e. The van der Waals surface area contributed by atoms with Crippen molar-refractivity contribution in [1.82, 2.24) is 10.2 Å². The Hall–Kier alpha value is -1.10. The molecular weight excluding hydrogens is 232 g/mol. The van der Waals surface area contributed by atoms with Gasteiger partial charge in [0.25, 0.3) is 0 Å². The molecule has 0 aromatic carbocycles. The average molecular weight is 256 g/mol. The van der Waals surface area contributed by atoms with Crippen LogP contribution in [0, 0.1) is 5.92 Å². The second-order valence-electron chi connectivity index (χ2n) is 4.96. The van der Waals surface area contributed by atoms with Crippen LogP contribution in [0.2, 0.25) is 0 Å². The molecule has 18 heavy (non-hydrogen) atoms. The van der Waals surface area contributed by atoms with E-state index in [-0.39, 0.29) is 23.8 Å². The van der Waals surface area contributed by atoms with E-state index in [4.69, 9.17) is 4.74 Å². The third-order valence-electron chi connectivity index (χ3n) is 3.35. The summed E-state index contributed by atoms with van der Waals surface area (Å²) in [5.41, 5.74) is 0. The zero-order valence-corrected chi connectivity index (χ0v) is 11.6. The predicted octanol–water partition coefficient (Wildman–Crippen LogP) is 0.786. The van der Waals surface area contributed by atoms with Gasteiger partial charge in [-0.25, -0.2) is 0 Å². The van der Waals surface area contributed by atoms with Crippen molar-refractivity contribution in [2.24, 2.45) is 5.92 Å². The Kier molecular flexibility index (Phi) is 6.12. The standard InChI is InChI=1S/C13H24N2O3/c1-4-5-14-12-6-11(7-13(17)18-3)8-15(9-12)10(2)16/h11-12,14H,4-9H2,1-3H3. The van der Waals surface area contributed by atoms with E-state index in [9.17, 15) is 9.59 Å². The van der Waals surface area contributed by atoms with Crippen LogP contribution in [0.25, 0.3) is 0 Å². The molecule has 1 aliphatic heterocycles. The summed E-state index contributed by atoms with van der Waals surface area (Å²) in [6.07, 6.45) is 2.39. The van der Waals surface area contributed by atoms with Gasteiger partial charge in [0.2, 0.25) is 5.91 Å². The van der Waals surface area contributed by atoms with Crippen molar-refractivity contribution < 1.29 is 14.3 Å². The highest BCUT2D eigenvalue weighted by Gasteiger charge is 2.29. The number of piperidine rings is 1. The van der Waals surface area contributed by atoms with Crippen LogP contribution in [0.3, 0.4) is 0 Å². The van der Waals surface area contributed by atoms with Crippen LogP contribution in [-0.2, 0) is 14.3 Å². The van der Waals surface area contributed by atoms with E-state index in [0.717, 1.165) is 25.9 Å². The van der Waals surface area contributed by atoms with Gasteiger partial charge < -0.3 is 15.0 Å². The number of likely N-dealkylation sites (tertiary alicyclic amines) is 1. The second kappa shape index (κ2) is 7.36. The Morgan fingerprint density at radius 2 is 2.11 bits per heavy atom. The molecule has 1 rings (SSSR count). The number of rotatable bonds is 5. The molecule has 1 heterocycles. The van der Waals surface area contributed by atoms with Gasteiger partial charge in [-0.05, 0) is 25.3 Å². The van der Waals surface area contributed by atoms with E-state index in [1.54, 1.807) is 6.92 Å². The molecule has 0 saturated carbocycles. The highest BCUT2D eigenvalue weighted by molar-refractivity contribution is 5.74. The van der Waals surface area contributed by atoms with Crippen LogP contribution in [0.15, 0.2) is 0 Å². The molecule has 0 bridgehead atoms. The first-order valence-electron chi connectivity index (χ1n) is 6.62. The lowest BCUT2D eigenvalue weighted by molar-refractivity contribution is -0.143. The van der Waals surface area contributed by atoms with Crippen molar-refractivity contribution in [1.29, 1.82) is 0 Å². The van der Waals surface area contributed by atoms with Crippen LogP contribution < -0.4 is 5.32 Å². The number of methoxy groups -OCH3 is 1. The number of nitrogens with zero attached hydrogens (tertiary/aromatic N) is 1. The van der Waals surface area contributed by atoms with E-state index in [1.165, 1.54) is 7.11 Å². The molecule has 1 N–H and O–H groups in total. The lowest BCUT2D eigenvalue weighted by Gasteiger charge is -2.37. The monoisotopic (exact) mass is 256 g/mol. The molecule has 1 fully saturated rings. The summed E-state index contributed by atoms with van der Waals surface area (Å²) in [6, 6.07) is 0.289. The summed E-state index contributed by atoms with van der Waals surface area (Å²) in [5.74, 6) is 0.0805. The number of hydrogen-bond acceptors (Lipinski definition) is 4. The summed E-state index contributed by atoms with van der Waals surface area (Å²) in [5, 5.41) is 3.43. The SMILES string of the molecule is CCCNC1CC(CC(=O)OC)CN(C(C)=O)C1. The number of nitrogens with one attached hydrogen (secondary N) is 1. The summed E-state index contributed by atoms with van der Waals surface area (Å²) in [4.78, 5) is 24.7. The van der Waals surface area contributed by atoms with Crippen LogP contribution >= 0.6 is 0 Å². The van der Waals surface area contributed by atoms with E-state index >= 15 is 0 Å². The van der Waals surface area contributed by atoms with Gasteiger partial charge in [-0.15, -0.1) is 0 Å². The lowest BCUT2D eigenvalue weighted by atomic mass is 9.91. The molecule has 5 nitrogen and oxygen atoms in total. The van der Waals surface area contributed by atoms with Crippen LogP contribution in [0.4, 0.5) is 0 Å². The van der Waals surface area contributed by atoms with E-state index in [1.807, 2.05) is 4.90 Å². The van der Waals surface area contributed by atoms with E-state index in [2.05, 4.69) is 12.2 Å². The molecule has 0 radical (unpaired) electrons. The van der Waals surface area contributed by atoms with E-state index in [0.29, 0.717) is 13.0 Å². The van der Waals surface area contributed by atoms with Gasteiger partial charge in [0, 0.05) is 26.1 Å². The topological polar surface area (TPSA) is 58.6 Å². The summed E-state index contributed by atoms with van der Waals surface area (Å²) in [6.45, 7) is 6.05. The normalized spacial score (nSPS) is 23.8. The van der Waals surface area contributed by atoms with Crippen LogP contribution in [-0.4, -0.2) is 49.6 Å². The Morgan fingerprint density at radius 3 is 2.67 bits per heavy atom. The minimum absolute atomic E-state index is 0.0767. The van der Waals surface area contributed by atoms with Gasteiger partial charge in [-0.3, -0.25) is 9.59 Å². The van der Waals surface area contributed by atoms with Crippen molar-refractivity contribution in [3.63, 3.8) is 0 Å². The molecule has 0 spiro atoms. The maximum Gasteiger partial charge on any atom is 0.305 e. The molecule has 1 saturated heterocycles.